The molecule has 30 heavy (non-hydrogen) atoms. The molecular formula is C25H22N2O3. The average molecular weight is 398 g/mol. The van der Waals surface area contributed by atoms with Crippen molar-refractivity contribution in [3.8, 4) is 11.5 Å². The van der Waals surface area contributed by atoms with Crippen LogP contribution in [0.15, 0.2) is 89.6 Å². The van der Waals surface area contributed by atoms with Gasteiger partial charge in [-0.15, -0.1) is 0 Å². The molecule has 1 amide bonds. The van der Waals surface area contributed by atoms with Crippen LogP contribution in [-0.4, -0.2) is 25.5 Å². The van der Waals surface area contributed by atoms with Crippen molar-refractivity contribution in [3.63, 3.8) is 0 Å². The van der Waals surface area contributed by atoms with Gasteiger partial charge in [-0.1, -0.05) is 54.6 Å². The Morgan fingerprint density at radius 2 is 1.63 bits per heavy atom. The van der Waals surface area contributed by atoms with E-state index in [1.807, 2.05) is 85.8 Å². The third-order valence-corrected chi connectivity index (χ3v) is 4.72. The molecule has 0 fully saturated rings. The number of para-hydroxylation sites is 2. The smallest absolute Gasteiger partial charge is 0.282 e. The van der Waals surface area contributed by atoms with E-state index in [-0.39, 0.29) is 5.91 Å². The Kier molecular flexibility index (Phi) is 5.61. The largest absolute Gasteiger partial charge is 0.497 e. The summed E-state index contributed by atoms with van der Waals surface area (Å²) in [5.41, 5.74) is 2.76. The first-order valence-corrected chi connectivity index (χ1v) is 9.77. The number of carbonyl (C=O) groups is 1. The minimum atomic E-state index is -0.197. The van der Waals surface area contributed by atoms with Crippen molar-refractivity contribution in [3.05, 3.63) is 95.7 Å². The lowest BCUT2D eigenvalue weighted by Crippen LogP contribution is -2.33. The molecule has 0 N–H and O–H groups in total. The van der Waals surface area contributed by atoms with E-state index in [4.69, 9.17) is 14.5 Å². The van der Waals surface area contributed by atoms with Gasteiger partial charge in [0, 0.05) is 5.56 Å². The maximum atomic E-state index is 13.4. The van der Waals surface area contributed by atoms with Crippen molar-refractivity contribution in [1.82, 2.24) is 0 Å². The van der Waals surface area contributed by atoms with Crippen molar-refractivity contribution in [2.45, 2.75) is 6.92 Å². The second-order valence-corrected chi connectivity index (χ2v) is 6.65. The highest BCUT2D eigenvalue weighted by atomic mass is 16.5. The molecule has 5 heteroatoms. The third kappa shape index (κ3) is 3.82. The number of nitrogens with zero attached hydrogens (tertiary/aromatic N) is 2. The molecule has 4 rings (SSSR count). The first kappa shape index (κ1) is 19.5. The van der Waals surface area contributed by atoms with Crippen LogP contribution < -0.4 is 14.4 Å². The lowest BCUT2D eigenvalue weighted by molar-refractivity contribution is -0.113. The normalized spacial score (nSPS) is 14.7. The predicted octanol–water partition coefficient (Wildman–Crippen LogP) is 4.93. The minimum absolute atomic E-state index is 0.197. The monoisotopic (exact) mass is 398 g/mol. The number of anilines is 1. The van der Waals surface area contributed by atoms with E-state index < -0.39 is 0 Å². The quantitative estimate of drug-likeness (QED) is 0.553. The van der Waals surface area contributed by atoms with Gasteiger partial charge in [-0.05, 0) is 42.8 Å². The molecule has 0 spiro atoms. The number of amidine groups is 1. The molecule has 0 aliphatic carbocycles. The predicted molar refractivity (Wildman–Crippen MR) is 119 cm³/mol. The maximum Gasteiger partial charge on any atom is 0.282 e. The fraction of sp³-hybridized carbons (Fsp3) is 0.120. The topological polar surface area (TPSA) is 51.1 Å². The molecule has 0 aromatic heterocycles. The molecule has 3 aromatic rings. The fourth-order valence-electron chi connectivity index (χ4n) is 3.30. The molecule has 1 aliphatic rings. The molecule has 0 unspecified atom stereocenters. The van der Waals surface area contributed by atoms with E-state index in [9.17, 15) is 4.79 Å². The number of carbonyl (C=O) groups excluding carboxylic acids is 1. The molecule has 1 aliphatic heterocycles. The first-order chi connectivity index (χ1) is 14.7. The van der Waals surface area contributed by atoms with Gasteiger partial charge in [-0.3, -0.25) is 9.69 Å². The molecule has 0 atom stereocenters. The summed E-state index contributed by atoms with van der Waals surface area (Å²) in [4.78, 5) is 19.8. The van der Waals surface area contributed by atoms with Gasteiger partial charge in [0.05, 0.1) is 19.4 Å². The van der Waals surface area contributed by atoms with E-state index in [2.05, 4.69) is 0 Å². The highest BCUT2D eigenvalue weighted by molar-refractivity contribution is 6.33. The van der Waals surface area contributed by atoms with E-state index in [0.717, 1.165) is 16.9 Å². The zero-order valence-corrected chi connectivity index (χ0v) is 16.9. The number of hydrogen-bond donors (Lipinski definition) is 0. The third-order valence-electron chi connectivity index (χ3n) is 4.72. The van der Waals surface area contributed by atoms with Gasteiger partial charge in [0.25, 0.3) is 5.91 Å². The molecule has 0 saturated heterocycles. The number of hydrogen-bond acceptors (Lipinski definition) is 4. The lowest BCUT2D eigenvalue weighted by atomic mass is 10.1. The molecule has 150 valence electrons. The zero-order valence-electron chi connectivity index (χ0n) is 16.9. The van der Waals surface area contributed by atoms with E-state index in [0.29, 0.717) is 29.6 Å². The van der Waals surface area contributed by atoms with Crippen LogP contribution in [-0.2, 0) is 4.79 Å². The Hall–Kier alpha value is -3.86. The molecule has 0 radical (unpaired) electrons. The van der Waals surface area contributed by atoms with Crippen LogP contribution in [0.3, 0.4) is 0 Å². The van der Waals surface area contributed by atoms with Crippen LogP contribution in [0, 0.1) is 0 Å². The summed E-state index contributed by atoms with van der Waals surface area (Å²) in [5, 5.41) is 0. The fourth-order valence-corrected chi connectivity index (χ4v) is 3.30. The summed E-state index contributed by atoms with van der Waals surface area (Å²) in [7, 11) is 1.62. The molecule has 5 nitrogen and oxygen atoms in total. The number of benzene rings is 3. The minimum Gasteiger partial charge on any atom is -0.497 e. The Balaban J connectivity index is 1.80. The molecule has 1 heterocycles. The summed E-state index contributed by atoms with van der Waals surface area (Å²) >= 11 is 0. The highest BCUT2D eigenvalue weighted by Gasteiger charge is 2.34. The van der Waals surface area contributed by atoms with Crippen molar-refractivity contribution in [2.75, 3.05) is 18.6 Å². The molecular weight excluding hydrogens is 376 g/mol. The Morgan fingerprint density at radius 1 is 0.933 bits per heavy atom. The maximum absolute atomic E-state index is 13.4. The van der Waals surface area contributed by atoms with Crippen LogP contribution in [0.5, 0.6) is 11.5 Å². The van der Waals surface area contributed by atoms with Crippen molar-refractivity contribution in [1.29, 1.82) is 0 Å². The highest BCUT2D eigenvalue weighted by Crippen LogP contribution is 2.34. The number of ether oxygens (including phenoxy) is 2. The number of rotatable bonds is 6. The van der Waals surface area contributed by atoms with Gasteiger partial charge in [-0.25, -0.2) is 4.99 Å². The van der Waals surface area contributed by atoms with E-state index in [1.54, 1.807) is 18.1 Å². The zero-order chi connectivity index (χ0) is 20.9. The summed E-state index contributed by atoms with van der Waals surface area (Å²) in [6, 6.07) is 24.7. The molecule has 0 bridgehead atoms. The molecule has 0 saturated carbocycles. The van der Waals surface area contributed by atoms with E-state index in [1.165, 1.54) is 0 Å². The number of methoxy groups -OCH3 is 1. The van der Waals surface area contributed by atoms with Gasteiger partial charge in [-0.2, -0.15) is 0 Å². The van der Waals surface area contributed by atoms with Crippen LogP contribution in [0.1, 0.15) is 18.1 Å². The molecule has 3 aromatic carbocycles. The van der Waals surface area contributed by atoms with Crippen molar-refractivity contribution < 1.29 is 14.3 Å². The van der Waals surface area contributed by atoms with Crippen LogP contribution in [0.25, 0.3) is 6.08 Å². The first-order valence-electron chi connectivity index (χ1n) is 9.77. The SMILES string of the molecule is CCOc1ccccc1N1C(=O)/C(=C\c2ccc(OC)cc2)N=C1c1ccccc1. The van der Waals surface area contributed by atoms with Gasteiger partial charge in [0.15, 0.2) is 0 Å². The second-order valence-electron chi connectivity index (χ2n) is 6.65. The van der Waals surface area contributed by atoms with Crippen LogP contribution in [0.2, 0.25) is 0 Å². The standard InChI is InChI=1S/C25H22N2O3/c1-3-30-23-12-8-7-11-22(23)27-24(19-9-5-4-6-10-19)26-21(25(27)28)17-18-13-15-20(29-2)16-14-18/h4-17H,3H2,1-2H3/b21-17+. The van der Waals surface area contributed by atoms with Crippen LogP contribution in [0.4, 0.5) is 5.69 Å². The van der Waals surface area contributed by atoms with Gasteiger partial charge < -0.3 is 9.47 Å². The van der Waals surface area contributed by atoms with Crippen LogP contribution >= 0.6 is 0 Å². The second kappa shape index (κ2) is 8.66. The Morgan fingerprint density at radius 3 is 2.33 bits per heavy atom. The summed E-state index contributed by atoms with van der Waals surface area (Å²) in [6.07, 6.45) is 1.79. The van der Waals surface area contributed by atoms with E-state index >= 15 is 0 Å². The Bertz CT molecular complexity index is 1100. The number of amides is 1. The van der Waals surface area contributed by atoms with Gasteiger partial charge >= 0.3 is 0 Å². The summed E-state index contributed by atoms with van der Waals surface area (Å²) < 4.78 is 11.0. The number of aliphatic imine (C=N–C) groups is 1. The summed E-state index contributed by atoms with van der Waals surface area (Å²) in [6.45, 7) is 2.43. The van der Waals surface area contributed by atoms with Gasteiger partial charge in [0.1, 0.15) is 23.0 Å². The lowest BCUT2D eigenvalue weighted by Gasteiger charge is -2.21. The average Bonchev–Trinajstić information content (AvgIpc) is 3.11. The van der Waals surface area contributed by atoms with Crippen molar-refractivity contribution in [2.24, 2.45) is 4.99 Å². The van der Waals surface area contributed by atoms with Crippen molar-refractivity contribution >= 4 is 23.5 Å². The van der Waals surface area contributed by atoms with Gasteiger partial charge in [0.2, 0.25) is 0 Å². The summed E-state index contributed by atoms with van der Waals surface area (Å²) in [5.74, 6) is 1.78. The Labute approximate surface area is 175 Å².